The molecule has 0 unspecified atom stereocenters. The number of hydrogen-bond donors (Lipinski definition) is 1. The van der Waals surface area contributed by atoms with E-state index in [2.05, 4.69) is 4.98 Å². The van der Waals surface area contributed by atoms with E-state index in [1.54, 1.807) is 17.5 Å². The summed E-state index contributed by atoms with van der Waals surface area (Å²) in [6, 6.07) is 0. The summed E-state index contributed by atoms with van der Waals surface area (Å²) in [4.78, 5) is 16.6. The van der Waals surface area contributed by atoms with E-state index >= 15 is 0 Å². The van der Waals surface area contributed by atoms with E-state index in [1.165, 1.54) is 0 Å². The fraction of sp³-hybridized carbons (Fsp3) is 0.636. The number of ether oxygens (including phenoxy) is 1. The minimum atomic E-state index is -0.707. The fourth-order valence-electron chi connectivity index (χ4n) is 2.05. The Morgan fingerprint density at radius 1 is 1.62 bits per heavy atom. The van der Waals surface area contributed by atoms with Gasteiger partial charge in [0.05, 0.1) is 10.4 Å². The summed E-state index contributed by atoms with van der Waals surface area (Å²) < 4.78 is 5.24. The zero-order chi connectivity index (χ0) is 11.6. The Morgan fingerprint density at radius 3 is 2.81 bits per heavy atom. The van der Waals surface area contributed by atoms with Gasteiger partial charge in [-0.05, 0) is 26.2 Å². The third-order valence-electron chi connectivity index (χ3n) is 3.09. The summed E-state index contributed by atoms with van der Waals surface area (Å²) in [7, 11) is 0. The topological polar surface area (TPSA) is 59.4 Å². The largest absolute Gasteiger partial charge is 0.481 e. The van der Waals surface area contributed by atoms with Gasteiger partial charge >= 0.3 is 5.97 Å². The van der Waals surface area contributed by atoms with Crippen LogP contribution in [0.2, 0.25) is 0 Å². The molecule has 0 radical (unpaired) electrons. The van der Waals surface area contributed by atoms with Crippen LogP contribution in [-0.2, 0) is 16.0 Å². The maximum atomic E-state index is 11.4. The van der Waals surface area contributed by atoms with Crippen LogP contribution >= 0.6 is 11.3 Å². The molecule has 1 aliphatic heterocycles. The van der Waals surface area contributed by atoms with Crippen LogP contribution in [0, 0.1) is 12.3 Å². The standard InChI is InChI=1S/C11H15NO3S/c1-8-12-7-9(16-8)6-11(10(13)14)2-4-15-5-3-11/h7H,2-6H2,1H3,(H,13,14). The van der Waals surface area contributed by atoms with Gasteiger partial charge in [-0.25, -0.2) is 4.98 Å². The lowest BCUT2D eigenvalue weighted by molar-refractivity contribution is -0.154. The van der Waals surface area contributed by atoms with Gasteiger partial charge in [0.25, 0.3) is 0 Å². The fourth-order valence-corrected chi connectivity index (χ4v) is 2.99. The average molecular weight is 241 g/mol. The maximum Gasteiger partial charge on any atom is 0.310 e. The molecule has 1 aliphatic rings. The SMILES string of the molecule is Cc1ncc(CC2(C(=O)O)CCOCC2)s1. The average Bonchev–Trinajstić information content (AvgIpc) is 2.65. The van der Waals surface area contributed by atoms with Crippen molar-refractivity contribution >= 4 is 17.3 Å². The molecule has 1 aromatic rings. The van der Waals surface area contributed by atoms with E-state index in [-0.39, 0.29) is 0 Å². The zero-order valence-corrected chi connectivity index (χ0v) is 10.0. The van der Waals surface area contributed by atoms with Crippen LogP contribution in [0.5, 0.6) is 0 Å². The second kappa shape index (κ2) is 4.51. The summed E-state index contributed by atoms with van der Waals surface area (Å²) in [6.07, 6.45) is 3.57. The molecule has 1 aromatic heterocycles. The van der Waals surface area contributed by atoms with Crippen molar-refractivity contribution in [2.24, 2.45) is 5.41 Å². The second-order valence-electron chi connectivity index (χ2n) is 4.22. The number of carbonyl (C=O) groups is 1. The number of carboxylic acids is 1. The Labute approximate surface area is 98.3 Å². The number of rotatable bonds is 3. The summed E-state index contributed by atoms with van der Waals surface area (Å²) in [6.45, 7) is 3.03. The Hall–Kier alpha value is -0.940. The van der Waals surface area contributed by atoms with Crippen molar-refractivity contribution in [3.05, 3.63) is 16.1 Å². The van der Waals surface area contributed by atoms with E-state index in [0.29, 0.717) is 32.5 Å². The van der Waals surface area contributed by atoms with Crippen LogP contribution in [0.1, 0.15) is 22.7 Å². The number of aromatic nitrogens is 1. The molecule has 0 saturated carbocycles. The van der Waals surface area contributed by atoms with Gasteiger partial charge in [0, 0.05) is 24.3 Å². The first kappa shape index (κ1) is 11.5. The lowest BCUT2D eigenvalue weighted by atomic mass is 9.77. The van der Waals surface area contributed by atoms with Crippen molar-refractivity contribution in [3.63, 3.8) is 0 Å². The van der Waals surface area contributed by atoms with Crippen LogP contribution in [0.15, 0.2) is 6.20 Å². The molecule has 16 heavy (non-hydrogen) atoms. The predicted molar refractivity (Wildman–Crippen MR) is 60.7 cm³/mol. The summed E-state index contributed by atoms with van der Waals surface area (Å²) in [5.74, 6) is -0.707. The lowest BCUT2D eigenvalue weighted by Gasteiger charge is -2.32. The van der Waals surface area contributed by atoms with Gasteiger partial charge in [-0.15, -0.1) is 11.3 Å². The number of aryl methyl sites for hydroxylation is 1. The highest BCUT2D eigenvalue weighted by Gasteiger charge is 2.40. The van der Waals surface area contributed by atoms with Gasteiger partial charge in [-0.3, -0.25) is 4.79 Å². The van der Waals surface area contributed by atoms with Crippen LogP contribution < -0.4 is 0 Å². The van der Waals surface area contributed by atoms with Gasteiger partial charge in [-0.2, -0.15) is 0 Å². The van der Waals surface area contributed by atoms with Crippen LogP contribution in [-0.4, -0.2) is 29.3 Å². The van der Waals surface area contributed by atoms with E-state index in [9.17, 15) is 9.90 Å². The number of carboxylic acid groups (broad SMARTS) is 1. The van der Waals surface area contributed by atoms with Crippen LogP contribution in [0.4, 0.5) is 0 Å². The molecule has 88 valence electrons. The normalized spacial score (nSPS) is 19.6. The highest BCUT2D eigenvalue weighted by molar-refractivity contribution is 7.11. The van der Waals surface area contributed by atoms with E-state index in [1.807, 2.05) is 6.92 Å². The van der Waals surface area contributed by atoms with Crippen LogP contribution in [0.3, 0.4) is 0 Å². The third-order valence-corrected chi connectivity index (χ3v) is 4.00. The van der Waals surface area contributed by atoms with Crippen molar-refractivity contribution in [1.29, 1.82) is 0 Å². The number of aliphatic carboxylic acids is 1. The molecule has 2 heterocycles. The minimum Gasteiger partial charge on any atom is -0.481 e. The molecule has 2 rings (SSSR count). The monoisotopic (exact) mass is 241 g/mol. The van der Waals surface area contributed by atoms with Gasteiger partial charge in [-0.1, -0.05) is 0 Å². The number of nitrogens with zero attached hydrogens (tertiary/aromatic N) is 1. The first-order valence-electron chi connectivity index (χ1n) is 5.35. The molecule has 4 nitrogen and oxygen atoms in total. The number of thiazole rings is 1. The van der Waals surface area contributed by atoms with E-state index < -0.39 is 11.4 Å². The molecule has 1 saturated heterocycles. The smallest absolute Gasteiger partial charge is 0.310 e. The summed E-state index contributed by atoms with van der Waals surface area (Å²) in [5.41, 5.74) is -0.642. The molecule has 0 spiro atoms. The highest BCUT2D eigenvalue weighted by atomic mass is 32.1. The van der Waals surface area contributed by atoms with Crippen molar-refractivity contribution in [2.45, 2.75) is 26.2 Å². The molecule has 1 fully saturated rings. The van der Waals surface area contributed by atoms with Crippen molar-refractivity contribution in [1.82, 2.24) is 4.98 Å². The van der Waals surface area contributed by atoms with Crippen molar-refractivity contribution in [2.75, 3.05) is 13.2 Å². The molecule has 1 N–H and O–H groups in total. The molecule has 5 heteroatoms. The van der Waals surface area contributed by atoms with Gasteiger partial charge < -0.3 is 9.84 Å². The lowest BCUT2D eigenvalue weighted by Crippen LogP contribution is -2.38. The molecular formula is C11H15NO3S. The zero-order valence-electron chi connectivity index (χ0n) is 9.23. The van der Waals surface area contributed by atoms with E-state index in [0.717, 1.165) is 9.88 Å². The summed E-state index contributed by atoms with van der Waals surface area (Å²) in [5, 5.41) is 10.4. The van der Waals surface area contributed by atoms with Gasteiger partial charge in [0.2, 0.25) is 0 Å². The quantitative estimate of drug-likeness (QED) is 0.877. The number of hydrogen-bond acceptors (Lipinski definition) is 4. The Bertz CT molecular complexity index is 382. The van der Waals surface area contributed by atoms with Crippen LogP contribution in [0.25, 0.3) is 0 Å². The van der Waals surface area contributed by atoms with Crippen molar-refractivity contribution in [3.8, 4) is 0 Å². The van der Waals surface area contributed by atoms with Gasteiger partial charge in [0.15, 0.2) is 0 Å². The Kier molecular flexibility index (Phi) is 3.25. The second-order valence-corrected chi connectivity index (χ2v) is 5.54. The summed E-state index contributed by atoms with van der Waals surface area (Å²) >= 11 is 1.58. The minimum absolute atomic E-state index is 0.546. The highest BCUT2D eigenvalue weighted by Crippen LogP contribution is 2.35. The Morgan fingerprint density at radius 2 is 2.31 bits per heavy atom. The first-order valence-corrected chi connectivity index (χ1v) is 6.16. The molecule has 0 bridgehead atoms. The first-order chi connectivity index (χ1) is 7.62. The molecule has 0 atom stereocenters. The third kappa shape index (κ3) is 2.25. The predicted octanol–water partition coefficient (Wildman–Crippen LogP) is 1.88. The molecule has 0 amide bonds. The van der Waals surface area contributed by atoms with Crippen molar-refractivity contribution < 1.29 is 14.6 Å². The molecule has 0 aliphatic carbocycles. The molecular weight excluding hydrogens is 226 g/mol. The maximum absolute atomic E-state index is 11.4. The van der Waals surface area contributed by atoms with E-state index in [4.69, 9.17) is 4.74 Å². The molecule has 0 aromatic carbocycles. The Balaban J connectivity index is 2.16. The van der Waals surface area contributed by atoms with Gasteiger partial charge in [0.1, 0.15) is 0 Å².